The minimum atomic E-state index is 0.0820. The van der Waals surface area contributed by atoms with Crippen LogP contribution in [0.2, 0.25) is 0 Å². The maximum atomic E-state index is 12.6. The van der Waals surface area contributed by atoms with Gasteiger partial charge >= 0.3 is 0 Å². The molecule has 0 amide bonds. The number of rotatable bonds is 3. The Bertz CT molecular complexity index is 954. The Balaban J connectivity index is 1.66. The van der Waals surface area contributed by atoms with E-state index in [1.165, 1.54) is 23.1 Å². The molecule has 2 saturated carbocycles. The molecule has 0 heterocycles. The Kier molecular flexibility index (Phi) is 4.76. The Labute approximate surface area is 180 Å². The van der Waals surface area contributed by atoms with Crippen molar-refractivity contribution >= 4 is 17.3 Å². The summed E-state index contributed by atoms with van der Waals surface area (Å²) < 4.78 is 0. The summed E-state index contributed by atoms with van der Waals surface area (Å²) in [6.07, 6.45) is 8.92. The number of fused-ring (bicyclic) bond motifs is 4. The lowest BCUT2D eigenvalue weighted by Crippen LogP contribution is -2.44. The molecule has 3 nitrogen and oxygen atoms in total. The lowest BCUT2D eigenvalue weighted by Gasteiger charge is -2.52. The van der Waals surface area contributed by atoms with Gasteiger partial charge in [-0.15, -0.1) is 0 Å². The van der Waals surface area contributed by atoms with Gasteiger partial charge in [-0.1, -0.05) is 24.6 Å². The molecule has 2 fully saturated rings. The minimum absolute atomic E-state index is 0.0820. The maximum absolute atomic E-state index is 12.6. The quantitative estimate of drug-likeness (QED) is 0.690. The highest BCUT2D eigenvalue weighted by molar-refractivity contribution is 5.93. The first-order valence-electron chi connectivity index (χ1n) is 11.7. The summed E-state index contributed by atoms with van der Waals surface area (Å²) in [6.45, 7) is 4.21. The highest BCUT2D eigenvalue weighted by Gasteiger charge is 2.57. The lowest BCUT2D eigenvalue weighted by molar-refractivity contribution is -0.125. The number of allylic oxidation sites excluding steroid dienone is 4. The molecule has 0 aliphatic heterocycles. The fraction of sp³-hybridized carbons (Fsp3) is 0.556. The summed E-state index contributed by atoms with van der Waals surface area (Å²) in [5.74, 6) is 2.37. The van der Waals surface area contributed by atoms with Crippen LogP contribution in [-0.4, -0.2) is 18.6 Å². The normalized spacial score (nSPS) is 35.3. The van der Waals surface area contributed by atoms with E-state index in [1.54, 1.807) is 12.5 Å². The molecule has 0 saturated heterocycles. The third-order valence-electron chi connectivity index (χ3n) is 8.82. The summed E-state index contributed by atoms with van der Waals surface area (Å²) in [5.41, 5.74) is 6.99. The molecule has 158 valence electrons. The number of ketones is 2. The Hall–Kier alpha value is -2.16. The predicted molar refractivity (Wildman–Crippen MR) is 120 cm³/mol. The number of Topliss-reactive ketones (excluding diaryl/α,β-unsaturated/α-hetero) is 1. The zero-order valence-corrected chi connectivity index (χ0v) is 18.5. The second-order valence-corrected chi connectivity index (χ2v) is 10.2. The Morgan fingerprint density at radius 3 is 2.53 bits per heavy atom. The number of benzene rings is 1. The zero-order valence-electron chi connectivity index (χ0n) is 18.5. The van der Waals surface area contributed by atoms with E-state index in [2.05, 4.69) is 36.5 Å². The first-order chi connectivity index (χ1) is 14.4. The van der Waals surface area contributed by atoms with Crippen LogP contribution in [0.3, 0.4) is 0 Å². The monoisotopic (exact) mass is 403 g/mol. The van der Waals surface area contributed by atoms with Gasteiger partial charge in [0.25, 0.3) is 0 Å². The van der Waals surface area contributed by atoms with Crippen molar-refractivity contribution in [1.29, 1.82) is 0 Å². The number of carbonyl (C=O) groups is 2. The van der Waals surface area contributed by atoms with Gasteiger partial charge in [0, 0.05) is 31.0 Å². The van der Waals surface area contributed by atoms with Crippen molar-refractivity contribution in [1.82, 2.24) is 0 Å². The van der Waals surface area contributed by atoms with Gasteiger partial charge in [-0.05, 0) is 97.6 Å². The van der Waals surface area contributed by atoms with Crippen LogP contribution < -0.4 is 5.32 Å². The molecule has 1 aromatic rings. The fourth-order valence-electron chi connectivity index (χ4n) is 7.51. The first-order valence-corrected chi connectivity index (χ1v) is 11.7. The molecule has 0 bridgehead atoms. The van der Waals surface area contributed by atoms with Gasteiger partial charge < -0.3 is 5.32 Å². The average molecular weight is 404 g/mol. The summed E-state index contributed by atoms with van der Waals surface area (Å²) in [4.78, 5) is 24.7. The molecule has 3 unspecified atom stereocenters. The van der Waals surface area contributed by atoms with Crippen LogP contribution in [0.4, 0.5) is 5.69 Å². The van der Waals surface area contributed by atoms with Crippen LogP contribution in [0.25, 0.3) is 0 Å². The molecule has 4 aliphatic carbocycles. The zero-order chi connectivity index (χ0) is 21.0. The third kappa shape index (κ3) is 2.92. The fourth-order valence-corrected chi connectivity index (χ4v) is 7.51. The van der Waals surface area contributed by atoms with Crippen LogP contribution in [0.15, 0.2) is 47.1 Å². The highest BCUT2D eigenvalue weighted by Crippen LogP contribution is 2.65. The van der Waals surface area contributed by atoms with Crippen molar-refractivity contribution in [3.63, 3.8) is 0 Å². The topological polar surface area (TPSA) is 46.2 Å². The Morgan fingerprint density at radius 1 is 1.07 bits per heavy atom. The highest BCUT2D eigenvalue weighted by atomic mass is 16.1. The summed E-state index contributed by atoms with van der Waals surface area (Å²) in [7, 11) is 1.95. The largest absolute Gasteiger partial charge is 0.388 e. The number of hydrogen-bond donors (Lipinski definition) is 1. The van der Waals surface area contributed by atoms with Gasteiger partial charge in [0.15, 0.2) is 5.78 Å². The number of hydrogen-bond acceptors (Lipinski definition) is 3. The van der Waals surface area contributed by atoms with Crippen molar-refractivity contribution < 1.29 is 9.59 Å². The van der Waals surface area contributed by atoms with E-state index >= 15 is 0 Å². The van der Waals surface area contributed by atoms with Crippen molar-refractivity contribution in [2.45, 2.75) is 64.7 Å². The van der Waals surface area contributed by atoms with Gasteiger partial charge in [-0.3, -0.25) is 9.59 Å². The van der Waals surface area contributed by atoms with Crippen LogP contribution in [0.1, 0.15) is 70.3 Å². The molecule has 0 aromatic heterocycles. The summed E-state index contributed by atoms with van der Waals surface area (Å²) >= 11 is 0. The van der Waals surface area contributed by atoms with E-state index in [0.717, 1.165) is 37.8 Å². The van der Waals surface area contributed by atoms with Gasteiger partial charge in [0.05, 0.1) is 0 Å². The van der Waals surface area contributed by atoms with Gasteiger partial charge in [-0.25, -0.2) is 0 Å². The minimum Gasteiger partial charge on any atom is -0.388 e. The van der Waals surface area contributed by atoms with Crippen LogP contribution in [-0.2, 0) is 9.59 Å². The second kappa shape index (κ2) is 7.21. The van der Waals surface area contributed by atoms with Gasteiger partial charge in [-0.2, -0.15) is 0 Å². The number of nitrogens with one attached hydrogen (secondary N) is 1. The molecule has 5 atom stereocenters. The van der Waals surface area contributed by atoms with E-state index in [-0.39, 0.29) is 11.3 Å². The molecule has 5 rings (SSSR count). The van der Waals surface area contributed by atoms with Gasteiger partial charge in [0.2, 0.25) is 0 Å². The smallest absolute Gasteiger partial charge is 0.156 e. The van der Waals surface area contributed by atoms with Crippen molar-refractivity contribution in [3.05, 3.63) is 52.6 Å². The van der Waals surface area contributed by atoms with Gasteiger partial charge in [0.1, 0.15) is 5.78 Å². The molecule has 0 radical (unpaired) electrons. The summed E-state index contributed by atoms with van der Waals surface area (Å²) in [6, 6.07) is 8.89. The van der Waals surface area contributed by atoms with Crippen LogP contribution in [0, 0.1) is 23.2 Å². The first kappa shape index (κ1) is 19.8. The maximum Gasteiger partial charge on any atom is 0.156 e. The Morgan fingerprint density at radius 2 is 1.83 bits per heavy atom. The number of carbonyl (C=O) groups excluding carboxylic acids is 2. The molecule has 30 heavy (non-hydrogen) atoms. The van der Waals surface area contributed by atoms with E-state index in [1.807, 2.05) is 13.1 Å². The van der Waals surface area contributed by atoms with Crippen molar-refractivity contribution in [2.24, 2.45) is 23.2 Å². The van der Waals surface area contributed by atoms with Crippen LogP contribution >= 0.6 is 0 Å². The molecular weight excluding hydrogens is 370 g/mol. The summed E-state index contributed by atoms with van der Waals surface area (Å²) in [5, 5.41) is 3.23. The molecule has 3 heteroatoms. The van der Waals surface area contributed by atoms with E-state index in [4.69, 9.17) is 0 Å². The molecule has 1 aromatic carbocycles. The van der Waals surface area contributed by atoms with E-state index in [0.29, 0.717) is 35.7 Å². The molecule has 1 N–H and O–H groups in total. The van der Waals surface area contributed by atoms with Crippen molar-refractivity contribution in [2.75, 3.05) is 12.4 Å². The predicted octanol–water partition coefficient (Wildman–Crippen LogP) is 5.83. The average Bonchev–Trinajstić information content (AvgIpc) is 3.10. The molecule has 4 aliphatic rings. The third-order valence-corrected chi connectivity index (χ3v) is 8.82. The van der Waals surface area contributed by atoms with E-state index < -0.39 is 0 Å². The SMILES string of the molecule is CNc1ccc(C2C[C@@]3(C)C(CC[C@@H]3C(C)=O)C3CCC4=CC(=O)CCC4=C23)cc1. The number of anilines is 1. The van der Waals surface area contributed by atoms with Crippen molar-refractivity contribution in [3.8, 4) is 0 Å². The second-order valence-electron chi connectivity index (χ2n) is 10.2. The molecule has 0 spiro atoms. The molecular formula is C27H33NO2. The standard InChI is InChI=1S/C27H33NO2/c1-16(29)24-12-13-25-22-10-6-18-14-20(30)9-11-21(18)26(22)23(15-27(24,25)2)17-4-7-19(28-3)8-5-17/h4-5,7-8,14,22-25,28H,6,9-13,15H2,1-3H3/t22?,23?,24-,25?,27-/m1/s1. The lowest BCUT2D eigenvalue weighted by atomic mass is 9.51. The van der Waals surface area contributed by atoms with Crippen LogP contribution in [0.5, 0.6) is 0 Å². The van der Waals surface area contributed by atoms with E-state index in [9.17, 15) is 9.59 Å².